The zero-order valence-electron chi connectivity index (χ0n) is 16.2. The van der Waals surface area contributed by atoms with Crippen LogP contribution >= 0.6 is 11.6 Å². The van der Waals surface area contributed by atoms with Crippen LogP contribution in [0.5, 0.6) is 5.75 Å². The first-order valence-electron chi connectivity index (χ1n) is 9.08. The normalized spacial score (nSPS) is 13.7. The summed E-state index contributed by atoms with van der Waals surface area (Å²) in [5.41, 5.74) is 1.54. The van der Waals surface area contributed by atoms with E-state index < -0.39 is 18.5 Å². The van der Waals surface area contributed by atoms with Crippen LogP contribution in [-0.4, -0.2) is 56.9 Å². The predicted molar refractivity (Wildman–Crippen MR) is 109 cm³/mol. The molecule has 3 rings (SSSR count). The molecule has 1 aliphatic rings. The fourth-order valence-electron chi connectivity index (χ4n) is 2.91. The number of amides is 1. The number of halogens is 1. The van der Waals surface area contributed by atoms with Crippen molar-refractivity contribution in [3.05, 3.63) is 46.6 Å². The third-order valence-electron chi connectivity index (χ3n) is 4.41. The van der Waals surface area contributed by atoms with Crippen molar-refractivity contribution in [1.82, 2.24) is 4.98 Å². The number of methoxy groups -OCH3 is 1. The Balaban J connectivity index is 1.64. The number of nitrogens with one attached hydrogen (secondary N) is 1. The van der Waals surface area contributed by atoms with Crippen LogP contribution in [0.4, 0.5) is 11.5 Å². The van der Waals surface area contributed by atoms with Gasteiger partial charge in [0.2, 0.25) is 0 Å². The number of carbonyl (C=O) groups excluding carboxylic acids is 2. The van der Waals surface area contributed by atoms with Crippen molar-refractivity contribution in [2.24, 2.45) is 0 Å². The Morgan fingerprint density at radius 1 is 1.31 bits per heavy atom. The third kappa shape index (κ3) is 5.16. The van der Waals surface area contributed by atoms with Gasteiger partial charge in [0.15, 0.2) is 6.61 Å². The van der Waals surface area contributed by atoms with Gasteiger partial charge >= 0.3 is 5.97 Å². The van der Waals surface area contributed by atoms with Crippen LogP contribution in [0.25, 0.3) is 0 Å². The van der Waals surface area contributed by atoms with Crippen LogP contribution in [0.3, 0.4) is 0 Å². The summed E-state index contributed by atoms with van der Waals surface area (Å²) in [6, 6.07) is 6.59. The molecular weight excluding hydrogens is 398 g/mol. The minimum absolute atomic E-state index is 0.308. The van der Waals surface area contributed by atoms with E-state index in [1.54, 1.807) is 30.5 Å². The average Bonchev–Trinajstić information content (AvgIpc) is 2.75. The number of anilines is 2. The monoisotopic (exact) mass is 419 g/mol. The van der Waals surface area contributed by atoms with E-state index in [9.17, 15) is 9.59 Å². The maximum absolute atomic E-state index is 12.5. The summed E-state index contributed by atoms with van der Waals surface area (Å²) < 4.78 is 15.8. The van der Waals surface area contributed by atoms with Crippen LogP contribution in [0.1, 0.15) is 15.9 Å². The summed E-state index contributed by atoms with van der Waals surface area (Å²) in [4.78, 5) is 31.1. The topological polar surface area (TPSA) is 90.0 Å². The number of ether oxygens (including phenoxy) is 3. The van der Waals surface area contributed by atoms with Gasteiger partial charge < -0.3 is 24.4 Å². The largest absolute Gasteiger partial charge is 0.495 e. The zero-order valence-corrected chi connectivity index (χ0v) is 17.0. The third-order valence-corrected chi connectivity index (χ3v) is 4.81. The maximum atomic E-state index is 12.5. The lowest BCUT2D eigenvalue weighted by Crippen LogP contribution is -2.37. The van der Waals surface area contributed by atoms with Crippen molar-refractivity contribution < 1.29 is 23.8 Å². The van der Waals surface area contributed by atoms with E-state index in [1.165, 1.54) is 7.11 Å². The van der Waals surface area contributed by atoms with E-state index in [-0.39, 0.29) is 0 Å². The zero-order chi connectivity index (χ0) is 20.8. The second kappa shape index (κ2) is 9.58. The summed E-state index contributed by atoms with van der Waals surface area (Å²) in [6.45, 7) is 3.76. The fraction of sp³-hybridized carbons (Fsp3) is 0.350. The van der Waals surface area contributed by atoms with Crippen LogP contribution < -0.4 is 15.0 Å². The highest BCUT2D eigenvalue weighted by atomic mass is 35.5. The number of carbonyl (C=O) groups is 2. The molecule has 1 aromatic carbocycles. The standard InChI is InChI=1S/C20H22ClN3O5/c1-13-10-16(17(27-2)11-15(13)21)23-18(25)12-29-20(26)14-4-3-5-22-19(14)24-6-8-28-9-7-24/h3-5,10-11H,6-9,12H2,1-2H3,(H,23,25). The number of aryl methyl sites for hydroxylation is 1. The molecule has 1 amide bonds. The summed E-state index contributed by atoms with van der Waals surface area (Å²) >= 11 is 6.07. The van der Waals surface area contributed by atoms with Gasteiger partial charge in [-0.1, -0.05) is 11.6 Å². The second-order valence-electron chi connectivity index (χ2n) is 6.40. The molecule has 0 saturated carbocycles. The first-order chi connectivity index (χ1) is 14.0. The highest BCUT2D eigenvalue weighted by Crippen LogP contribution is 2.30. The molecule has 154 valence electrons. The van der Waals surface area contributed by atoms with E-state index >= 15 is 0 Å². The second-order valence-corrected chi connectivity index (χ2v) is 6.81. The molecular formula is C20H22ClN3O5. The van der Waals surface area contributed by atoms with Gasteiger partial charge in [-0.05, 0) is 30.7 Å². The molecule has 1 saturated heterocycles. The SMILES string of the molecule is COc1cc(Cl)c(C)cc1NC(=O)COC(=O)c1cccnc1N1CCOCC1. The van der Waals surface area contributed by atoms with Crippen molar-refractivity contribution in [1.29, 1.82) is 0 Å². The van der Waals surface area contributed by atoms with Crippen molar-refractivity contribution in [3.8, 4) is 5.75 Å². The van der Waals surface area contributed by atoms with E-state index in [2.05, 4.69) is 10.3 Å². The summed E-state index contributed by atoms with van der Waals surface area (Å²) in [6.07, 6.45) is 1.61. The quantitative estimate of drug-likeness (QED) is 0.720. The minimum atomic E-state index is -0.617. The number of benzene rings is 1. The molecule has 1 N–H and O–H groups in total. The molecule has 1 fully saturated rings. The maximum Gasteiger partial charge on any atom is 0.342 e. The molecule has 8 nitrogen and oxygen atoms in total. The lowest BCUT2D eigenvalue weighted by atomic mass is 10.2. The first kappa shape index (κ1) is 20.9. The van der Waals surface area contributed by atoms with Crippen LogP contribution in [0, 0.1) is 6.92 Å². The van der Waals surface area contributed by atoms with Gasteiger partial charge in [0, 0.05) is 30.4 Å². The Morgan fingerprint density at radius 2 is 2.07 bits per heavy atom. The molecule has 29 heavy (non-hydrogen) atoms. The first-order valence-corrected chi connectivity index (χ1v) is 9.46. The highest BCUT2D eigenvalue weighted by molar-refractivity contribution is 6.31. The van der Waals surface area contributed by atoms with Gasteiger partial charge in [0.05, 0.1) is 26.0 Å². The van der Waals surface area contributed by atoms with Gasteiger partial charge in [-0.2, -0.15) is 0 Å². The van der Waals surface area contributed by atoms with E-state index in [1.807, 2.05) is 11.8 Å². The van der Waals surface area contributed by atoms with Crippen LogP contribution in [0.15, 0.2) is 30.5 Å². The number of hydrogen-bond acceptors (Lipinski definition) is 7. The van der Waals surface area contributed by atoms with Crippen molar-refractivity contribution in [3.63, 3.8) is 0 Å². The molecule has 1 aromatic heterocycles. The van der Waals surface area contributed by atoms with Gasteiger partial charge in [-0.3, -0.25) is 4.79 Å². The molecule has 1 aliphatic heterocycles. The lowest BCUT2D eigenvalue weighted by Gasteiger charge is -2.28. The van der Waals surface area contributed by atoms with E-state index in [0.717, 1.165) is 5.56 Å². The number of rotatable bonds is 6. The van der Waals surface area contributed by atoms with E-state index in [0.29, 0.717) is 54.1 Å². The highest BCUT2D eigenvalue weighted by Gasteiger charge is 2.21. The fourth-order valence-corrected chi connectivity index (χ4v) is 3.06. The molecule has 0 spiro atoms. The minimum Gasteiger partial charge on any atom is -0.495 e. The summed E-state index contributed by atoms with van der Waals surface area (Å²) in [5, 5.41) is 3.20. The lowest BCUT2D eigenvalue weighted by molar-refractivity contribution is -0.119. The Morgan fingerprint density at radius 3 is 2.79 bits per heavy atom. The Hall–Kier alpha value is -2.84. The van der Waals surface area contributed by atoms with Crippen molar-refractivity contribution >= 4 is 35.0 Å². The van der Waals surface area contributed by atoms with Gasteiger partial charge in [0.1, 0.15) is 17.1 Å². The Kier molecular flexibility index (Phi) is 6.90. The Labute approximate surface area is 173 Å². The number of nitrogens with zero attached hydrogens (tertiary/aromatic N) is 2. The number of morpholine rings is 1. The smallest absolute Gasteiger partial charge is 0.342 e. The molecule has 0 aliphatic carbocycles. The van der Waals surface area contributed by atoms with E-state index in [4.69, 9.17) is 25.8 Å². The number of aromatic nitrogens is 1. The van der Waals surface area contributed by atoms with Crippen molar-refractivity contribution in [2.75, 3.05) is 50.2 Å². The predicted octanol–water partition coefficient (Wildman–Crippen LogP) is 2.68. The number of pyridine rings is 1. The van der Waals surface area contributed by atoms with Crippen LogP contribution in [-0.2, 0) is 14.3 Å². The van der Waals surface area contributed by atoms with Crippen LogP contribution in [0.2, 0.25) is 5.02 Å². The summed E-state index contributed by atoms with van der Waals surface area (Å²) in [5.74, 6) is -0.164. The van der Waals surface area contributed by atoms with Gasteiger partial charge in [0.25, 0.3) is 5.91 Å². The molecule has 0 radical (unpaired) electrons. The Bertz CT molecular complexity index is 900. The molecule has 2 heterocycles. The molecule has 0 unspecified atom stereocenters. The average molecular weight is 420 g/mol. The van der Waals surface area contributed by atoms with Gasteiger partial charge in [-0.25, -0.2) is 9.78 Å². The summed E-state index contributed by atoms with van der Waals surface area (Å²) in [7, 11) is 1.48. The molecule has 0 bridgehead atoms. The van der Waals surface area contributed by atoms with Gasteiger partial charge in [-0.15, -0.1) is 0 Å². The molecule has 9 heteroatoms. The van der Waals surface area contributed by atoms with Crippen molar-refractivity contribution in [2.45, 2.75) is 6.92 Å². The number of hydrogen-bond donors (Lipinski definition) is 1. The molecule has 2 aromatic rings. The number of esters is 1. The molecule has 0 atom stereocenters.